The summed E-state index contributed by atoms with van der Waals surface area (Å²) in [6.45, 7) is 8.81. The number of thiazole rings is 1. The molecule has 1 saturated heterocycles. The molecule has 4 nitrogen and oxygen atoms in total. The Morgan fingerprint density at radius 1 is 1.41 bits per heavy atom. The lowest BCUT2D eigenvalue weighted by atomic mass is 10.1. The van der Waals surface area contributed by atoms with Crippen LogP contribution in [0.2, 0.25) is 0 Å². The summed E-state index contributed by atoms with van der Waals surface area (Å²) < 4.78 is 5.33. The minimum atomic E-state index is 0.105. The molecule has 1 N–H and O–H groups in total. The first kappa shape index (κ1) is 13.0. The van der Waals surface area contributed by atoms with Gasteiger partial charge in [0.25, 0.3) is 0 Å². The van der Waals surface area contributed by atoms with Gasteiger partial charge < -0.3 is 9.84 Å². The first-order valence-electron chi connectivity index (χ1n) is 6.10. The molecule has 0 unspecified atom stereocenters. The lowest BCUT2D eigenvalue weighted by Gasteiger charge is -2.25. The lowest BCUT2D eigenvalue weighted by Crippen LogP contribution is -2.35. The molecule has 1 aliphatic rings. The summed E-state index contributed by atoms with van der Waals surface area (Å²) in [6.07, 6.45) is 0. The van der Waals surface area contributed by atoms with E-state index < -0.39 is 0 Å². The van der Waals surface area contributed by atoms with Crippen molar-refractivity contribution in [2.75, 3.05) is 26.3 Å². The van der Waals surface area contributed by atoms with Gasteiger partial charge in [0, 0.05) is 13.1 Å². The van der Waals surface area contributed by atoms with Gasteiger partial charge in [-0.3, -0.25) is 4.90 Å². The molecule has 0 bridgehead atoms. The van der Waals surface area contributed by atoms with E-state index in [-0.39, 0.29) is 6.61 Å². The van der Waals surface area contributed by atoms with Crippen molar-refractivity contribution in [1.82, 2.24) is 9.88 Å². The second kappa shape index (κ2) is 5.91. The quantitative estimate of drug-likeness (QED) is 0.888. The number of hydrogen-bond acceptors (Lipinski definition) is 5. The summed E-state index contributed by atoms with van der Waals surface area (Å²) in [5.41, 5.74) is 1.06. The maximum atomic E-state index is 9.32. The predicted octanol–water partition coefficient (Wildman–Crippen LogP) is 1.59. The number of rotatable bonds is 4. The minimum absolute atomic E-state index is 0.105. The van der Waals surface area contributed by atoms with Crippen molar-refractivity contribution in [3.8, 4) is 0 Å². The van der Waals surface area contributed by atoms with Crippen LogP contribution in [0.4, 0.5) is 0 Å². The van der Waals surface area contributed by atoms with Crippen LogP contribution in [0.1, 0.15) is 35.3 Å². The molecule has 0 amide bonds. The van der Waals surface area contributed by atoms with Crippen molar-refractivity contribution >= 4 is 11.3 Å². The largest absolute Gasteiger partial charge is 0.391 e. The van der Waals surface area contributed by atoms with Gasteiger partial charge in [-0.05, 0) is 5.92 Å². The normalized spacial score (nSPS) is 17.9. The Morgan fingerprint density at radius 3 is 2.65 bits per heavy atom. The molecule has 5 heteroatoms. The van der Waals surface area contributed by atoms with E-state index in [0.717, 1.165) is 48.4 Å². The van der Waals surface area contributed by atoms with Crippen LogP contribution in [0.15, 0.2) is 0 Å². The third kappa shape index (κ3) is 3.25. The van der Waals surface area contributed by atoms with E-state index in [1.165, 1.54) is 0 Å². The van der Waals surface area contributed by atoms with Gasteiger partial charge in [-0.25, -0.2) is 4.98 Å². The average molecular weight is 256 g/mol. The van der Waals surface area contributed by atoms with E-state index in [0.29, 0.717) is 5.92 Å². The number of morpholine rings is 1. The van der Waals surface area contributed by atoms with Crippen LogP contribution in [0, 0.1) is 0 Å². The van der Waals surface area contributed by atoms with Crippen molar-refractivity contribution < 1.29 is 9.84 Å². The topological polar surface area (TPSA) is 45.6 Å². The Hall–Kier alpha value is -0.490. The van der Waals surface area contributed by atoms with Crippen LogP contribution in [0.25, 0.3) is 0 Å². The highest BCUT2D eigenvalue weighted by atomic mass is 32.1. The smallest absolute Gasteiger partial charge is 0.107 e. The summed E-state index contributed by atoms with van der Waals surface area (Å²) in [6, 6.07) is 0. The zero-order valence-corrected chi connectivity index (χ0v) is 11.3. The van der Waals surface area contributed by atoms with E-state index >= 15 is 0 Å². The molecule has 1 fully saturated rings. The van der Waals surface area contributed by atoms with E-state index in [2.05, 4.69) is 23.7 Å². The summed E-state index contributed by atoms with van der Waals surface area (Å²) in [5, 5.41) is 10.4. The van der Waals surface area contributed by atoms with Crippen molar-refractivity contribution in [2.45, 2.75) is 32.9 Å². The second-order valence-electron chi connectivity index (χ2n) is 4.62. The van der Waals surface area contributed by atoms with Gasteiger partial charge in [0.15, 0.2) is 0 Å². The Labute approximate surface area is 106 Å². The first-order chi connectivity index (χ1) is 8.20. The summed E-state index contributed by atoms with van der Waals surface area (Å²) in [7, 11) is 0. The van der Waals surface area contributed by atoms with Gasteiger partial charge in [-0.1, -0.05) is 13.8 Å². The van der Waals surface area contributed by atoms with Crippen LogP contribution in [0.3, 0.4) is 0 Å². The third-order valence-corrected chi connectivity index (χ3v) is 3.97. The maximum Gasteiger partial charge on any atom is 0.107 e. The van der Waals surface area contributed by atoms with Gasteiger partial charge in [0.1, 0.15) is 5.01 Å². The standard InChI is InChI=1S/C12H20N2O2S/c1-9(2)12-10(8-15)17-11(13-12)7-14-3-5-16-6-4-14/h9,15H,3-8H2,1-2H3. The molecule has 2 rings (SSSR count). The average Bonchev–Trinajstić information content (AvgIpc) is 2.73. The van der Waals surface area contributed by atoms with Gasteiger partial charge in [0.05, 0.1) is 36.9 Å². The third-order valence-electron chi connectivity index (χ3n) is 2.92. The van der Waals surface area contributed by atoms with Crippen molar-refractivity contribution in [1.29, 1.82) is 0 Å². The predicted molar refractivity (Wildman–Crippen MR) is 68.2 cm³/mol. The molecule has 1 aliphatic heterocycles. The molecular weight excluding hydrogens is 236 g/mol. The zero-order valence-electron chi connectivity index (χ0n) is 10.5. The SMILES string of the molecule is CC(C)c1nc(CN2CCOCC2)sc1CO. The molecule has 96 valence electrons. The van der Waals surface area contributed by atoms with Crippen LogP contribution < -0.4 is 0 Å². The molecule has 1 aromatic heterocycles. The Balaban J connectivity index is 2.05. The van der Waals surface area contributed by atoms with E-state index in [1.54, 1.807) is 11.3 Å². The van der Waals surface area contributed by atoms with Gasteiger partial charge in [0.2, 0.25) is 0 Å². The maximum absolute atomic E-state index is 9.32. The molecule has 0 aromatic carbocycles. The molecular formula is C12H20N2O2S. The number of nitrogens with zero attached hydrogens (tertiary/aromatic N) is 2. The number of aromatic nitrogens is 1. The molecule has 0 atom stereocenters. The molecule has 0 aliphatic carbocycles. The Bertz CT molecular complexity index is 359. The van der Waals surface area contributed by atoms with Gasteiger partial charge >= 0.3 is 0 Å². The van der Waals surface area contributed by atoms with Crippen LogP contribution in [-0.2, 0) is 17.9 Å². The van der Waals surface area contributed by atoms with Crippen molar-refractivity contribution in [3.05, 3.63) is 15.6 Å². The fourth-order valence-corrected chi connectivity index (χ4v) is 3.12. The molecule has 1 aromatic rings. The fourth-order valence-electron chi connectivity index (χ4n) is 2.00. The Kier molecular flexibility index (Phi) is 4.50. The number of ether oxygens (including phenoxy) is 1. The molecule has 0 spiro atoms. The van der Waals surface area contributed by atoms with Crippen molar-refractivity contribution in [3.63, 3.8) is 0 Å². The highest BCUT2D eigenvalue weighted by Gasteiger charge is 2.17. The van der Waals surface area contributed by atoms with Crippen LogP contribution in [0.5, 0.6) is 0 Å². The highest BCUT2D eigenvalue weighted by molar-refractivity contribution is 7.11. The highest BCUT2D eigenvalue weighted by Crippen LogP contribution is 2.26. The van der Waals surface area contributed by atoms with E-state index in [1.807, 2.05) is 0 Å². The Morgan fingerprint density at radius 2 is 2.12 bits per heavy atom. The van der Waals surface area contributed by atoms with Crippen molar-refractivity contribution in [2.24, 2.45) is 0 Å². The van der Waals surface area contributed by atoms with Gasteiger partial charge in [-0.15, -0.1) is 11.3 Å². The summed E-state index contributed by atoms with van der Waals surface area (Å²) >= 11 is 1.64. The lowest BCUT2D eigenvalue weighted by molar-refractivity contribution is 0.0341. The zero-order chi connectivity index (χ0) is 12.3. The first-order valence-corrected chi connectivity index (χ1v) is 6.91. The van der Waals surface area contributed by atoms with Crippen LogP contribution in [-0.4, -0.2) is 41.3 Å². The number of hydrogen-bond donors (Lipinski definition) is 1. The molecule has 0 radical (unpaired) electrons. The molecule has 2 heterocycles. The van der Waals surface area contributed by atoms with E-state index in [9.17, 15) is 5.11 Å². The molecule has 17 heavy (non-hydrogen) atoms. The fraction of sp³-hybridized carbons (Fsp3) is 0.750. The minimum Gasteiger partial charge on any atom is -0.391 e. The summed E-state index contributed by atoms with van der Waals surface area (Å²) in [4.78, 5) is 8.02. The second-order valence-corrected chi connectivity index (χ2v) is 5.79. The molecule has 0 saturated carbocycles. The monoisotopic (exact) mass is 256 g/mol. The number of aliphatic hydroxyl groups excluding tert-OH is 1. The van der Waals surface area contributed by atoms with E-state index in [4.69, 9.17) is 4.74 Å². The van der Waals surface area contributed by atoms with Crippen LogP contribution >= 0.6 is 11.3 Å². The number of aliphatic hydroxyl groups is 1. The summed E-state index contributed by atoms with van der Waals surface area (Å²) in [5.74, 6) is 0.381. The van der Waals surface area contributed by atoms with Gasteiger partial charge in [-0.2, -0.15) is 0 Å².